The summed E-state index contributed by atoms with van der Waals surface area (Å²) in [6, 6.07) is 16.8. The fourth-order valence-corrected chi connectivity index (χ4v) is 3.62. The van der Waals surface area contributed by atoms with Crippen LogP contribution in [0.3, 0.4) is 0 Å². The van der Waals surface area contributed by atoms with Crippen molar-refractivity contribution >= 4 is 11.9 Å². The van der Waals surface area contributed by atoms with E-state index in [1.165, 1.54) is 7.11 Å². The van der Waals surface area contributed by atoms with Crippen molar-refractivity contribution in [2.45, 2.75) is 24.5 Å². The Bertz CT molecular complexity index is 868. The molecule has 2 aliphatic rings. The van der Waals surface area contributed by atoms with Crippen LogP contribution in [-0.4, -0.2) is 49.7 Å². The highest BCUT2D eigenvalue weighted by Crippen LogP contribution is 2.43. The van der Waals surface area contributed by atoms with Crippen LogP contribution < -0.4 is 4.74 Å². The van der Waals surface area contributed by atoms with Crippen LogP contribution in [0.25, 0.3) is 0 Å². The molecular formula is C21H21NO6. The summed E-state index contributed by atoms with van der Waals surface area (Å²) in [6.45, 7) is 0.542. The number of carbonyl (C=O) groups is 2. The Morgan fingerprint density at radius 1 is 1.11 bits per heavy atom. The fourth-order valence-electron chi connectivity index (χ4n) is 3.62. The van der Waals surface area contributed by atoms with Gasteiger partial charge in [0.2, 0.25) is 5.79 Å². The van der Waals surface area contributed by atoms with Crippen LogP contribution >= 0.6 is 0 Å². The normalized spacial score (nSPS) is 26.2. The minimum absolute atomic E-state index is 0.172. The number of amides is 1. The summed E-state index contributed by atoms with van der Waals surface area (Å²) in [5.41, 5.74) is 1.69. The number of rotatable bonds is 5. The van der Waals surface area contributed by atoms with Crippen molar-refractivity contribution in [2.24, 2.45) is 0 Å². The quantitative estimate of drug-likeness (QED) is 0.734. The van der Waals surface area contributed by atoms with Gasteiger partial charge < -0.3 is 23.8 Å². The summed E-state index contributed by atoms with van der Waals surface area (Å²) < 4.78 is 22.0. The van der Waals surface area contributed by atoms with Crippen molar-refractivity contribution in [2.75, 3.05) is 20.8 Å². The SMILES string of the molecule is COC(=O)[C@@H]1O[C@@]2(c3ccccc3)CN(Cc3ccc(OC)cc3)C(=O)[C@@H]1O2. The van der Waals surface area contributed by atoms with E-state index in [0.717, 1.165) is 16.9 Å². The minimum atomic E-state index is -1.20. The summed E-state index contributed by atoms with van der Waals surface area (Å²) in [5, 5.41) is 0. The van der Waals surface area contributed by atoms with Gasteiger partial charge in [-0.2, -0.15) is 0 Å². The van der Waals surface area contributed by atoms with Gasteiger partial charge in [-0.25, -0.2) is 4.79 Å². The Labute approximate surface area is 162 Å². The van der Waals surface area contributed by atoms with Crippen molar-refractivity contribution < 1.29 is 28.5 Å². The average Bonchev–Trinajstić information content (AvgIpc) is 3.09. The molecule has 2 heterocycles. The number of hydrogen-bond acceptors (Lipinski definition) is 6. The molecule has 0 spiro atoms. The first-order chi connectivity index (χ1) is 13.6. The highest BCUT2D eigenvalue weighted by molar-refractivity contribution is 5.90. The standard InChI is InChI=1S/C21H21NO6/c1-25-16-10-8-14(9-11-16)12-22-13-21(15-6-4-3-5-7-15)27-17(19(22)23)18(28-21)20(24)26-2/h3-11,17-18H,12-13H2,1-2H3/t17-,18-,21-/m1/s1. The van der Waals surface area contributed by atoms with Crippen LogP contribution in [0.2, 0.25) is 0 Å². The maximum Gasteiger partial charge on any atom is 0.338 e. The molecule has 7 nitrogen and oxygen atoms in total. The Balaban J connectivity index is 1.66. The van der Waals surface area contributed by atoms with E-state index in [4.69, 9.17) is 18.9 Å². The molecule has 4 rings (SSSR count). The summed E-state index contributed by atoms with van der Waals surface area (Å²) in [7, 11) is 2.87. The molecule has 2 bridgehead atoms. The van der Waals surface area contributed by atoms with Gasteiger partial charge in [0, 0.05) is 12.1 Å². The molecule has 3 atom stereocenters. The van der Waals surface area contributed by atoms with Crippen LogP contribution in [0, 0.1) is 0 Å². The molecule has 0 unspecified atom stereocenters. The molecule has 28 heavy (non-hydrogen) atoms. The highest BCUT2D eigenvalue weighted by Gasteiger charge is 2.60. The van der Waals surface area contributed by atoms with Gasteiger partial charge in [-0.1, -0.05) is 42.5 Å². The summed E-state index contributed by atoms with van der Waals surface area (Å²) >= 11 is 0. The molecular weight excluding hydrogens is 362 g/mol. The average molecular weight is 383 g/mol. The smallest absolute Gasteiger partial charge is 0.338 e. The predicted molar refractivity (Wildman–Crippen MR) is 98.3 cm³/mol. The lowest BCUT2D eigenvalue weighted by Crippen LogP contribution is -2.53. The molecule has 0 N–H and O–H groups in total. The highest BCUT2D eigenvalue weighted by atomic mass is 16.8. The molecule has 0 radical (unpaired) electrons. The molecule has 2 aliphatic heterocycles. The first kappa shape index (κ1) is 18.5. The van der Waals surface area contributed by atoms with Gasteiger partial charge in [-0.15, -0.1) is 0 Å². The van der Waals surface area contributed by atoms with E-state index >= 15 is 0 Å². The number of carbonyl (C=O) groups excluding carboxylic acids is 2. The number of fused-ring (bicyclic) bond motifs is 2. The van der Waals surface area contributed by atoms with Gasteiger partial charge >= 0.3 is 5.97 Å². The maximum atomic E-state index is 13.0. The molecule has 2 saturated heterocycles. The molecule has 0 aliphatic carbocycles. The molecule has 0 saturated carbocycles. The van der Waals surface area contributed by atoms with Gasteiger partial charge in [0.1, 0.15) is 5.75 Å². The van der Waals surface area contributed by atoms with Crippen molar-refractivity contribution in [3.8, 4) is 5.75 Å². The van der Waals surface area contributed by atoms with Gasteiger partial charge in [0.15, 0.2) is 12.2 Å². The zero-order valence-corrected chi connectivity index (χ0v) is 15.7. The second-order valence-corrected chi connectivity index (χ2v) is 6.76. The van der Waals surface area contributed by atoms with Crippen molar-refractivity contribution in [3.63, 3.8) is 0 Å². The largest absolute Gasteiger partial charge is 0.497 e. The number of methoxy groups -OCH3 is 2. The molecule has 2 aromatic rings. The Kier molecular flexibility index (Phi) is 4.78. The lowest BCUT2D eigenvalue weighted by molar-refractivity contribution is -0.220. The molecule has 7 heteroatoms. The lowest BCUT2D eigenvalue weighted by Gasteiger charge is -2.38. The third-order valence-electron chi connectivity index (χ3n) is 5.04. The maximum absolute atomic E-state index is 13.0. The Hall–Kier alpha value is -2.90. The predicted octanol–water partition coefficient (Wildman–Crippen LogP) is 1.85. The second kappa shape index (κ2) is 7.26. The van der Waals surface area contributed by atoms with Gasteiger partial charge in [-0.3, -0.25) is 4.79 Å². The first-order valence-electron chi connectivity index (χ1n) is 8.97. The van der Waals surface area contributed by atoms with E-state index in [2.05, 4.69) is 0 Å². The molecule has 146 valence electrons. The number of benzene rings is 2. The lowest BCUT2D eigenvalue weighted by atomic mass is 10.0. The number of nitrogens with zero attached hydrogens (tertiary/aromatic N) is 1. The Morgan fingerprint density at radius 3 is 2.46 bits per heavy atom. The van der Waals surface area contributed by atoms with Gasteiger partial charge in [0.25, 0.3) is 5.91 Å². The summed E-state index contributed by atoms with van der Waals surface area (Å²) in [6.07, 6.45) is -2.14. The van der Waals surface area contributed by atoms with Crippen LogP contribution in [-0.2, 0) is 36.1 Å². The van der Waals surface area contributed by atoms with Gasteiger partial charge in [-0.05, 0) is 17.7 Å². The van der Waals surface area contributed by atoms with Crippen LogP contribution in [0.1, 0.15) is 11.1 Å². The summed E-state index contributed by atoms with van der Waals surface area (Å²) in [4.78, 5) is 26.9. The number of ether oxygens (including phenoxy) is 4. The van der Waals surface area contributed by atoms with Crippen molar-refractivity contribution in [3.05, 3.63) is 65.7 Å². The van der Waals surface area contributed by atoms with E-state index in [9.17, 15) is 9.59 Å². The zero-order chi connectivity index (χ0) is 19.7. The summed E-state index contributed by atoms with van der Waals surface area (Å²) in [5.74, 6) is -1.38. The molecule has 2 fully saturated rings. The Morgan fingerprint density at radius 2 is 1.82 bits per heavy atom. The van der Waals surface area contributed by atoms with Crippen LogP contribution in [0.5, 0.6) is 5.75 Å². The van der Waals surface area contributed by atoms with E-state index in [0.29, 0.717) is 6.54 Å². The fraction of sp³-hybridized carbons (Fsp3) is 0.333. The van der Waals surface area contributed by atoms with E-state index < -0.39 is 24.0 Å². The van der Waals surface area contributed by atoms with Crippen molar-refractivity contribution in [1.82, 2.24) is 4.90 Å². The topological polar surface area (TPSA) is 74.3 Å². The second-order valence-electron chi connectivity index (χ2n) is 6.76. The number of hydrogen-bond donors (Lipinski definition) is 0. The molecule has 2 aromatic carbocycles. The van der Waals surface area contributed by atoms with Crippen LogP contribution in [0.4, 0.5) is 0 Å². The van der Waals surface area contributed by atoms with E-state index in [1.807, 2.05) is 54.6 Å². The number of morpholine rings is 1. The molecule has 1 amide bonds. The third kappa shape index (κ3) is 3.12. The van der Waals surface area contributed by atoms with E-state index in [1.54, 1.807) is 12.0 Å². The molecule has 0 aromatic heterocycles. The number of esters is 1. The van der Waals surface area contributed by atoms with Crippen LogP contribution in [0.15, 0.2) is 54.6 Å². The monoisotopic (exact) mass is 383 g/mol. The van der Waals surface area contributed by atoms with Crippen molar-refractivity contribution in [1.29, 1.82) is 0 Å². The zero-order valence-electron chi connectivity index (χ0n) is 15.7. The first-order valence-corrected chi connectivity index (χ1v) is 8.97. The minimum Gasteiger partial charge on any atom is -0.497 e. The van der Waals surface area contributed by atoms with Gasteiger partial charge in [0.05, 0.1) is 20.8 Å². The third-order valence-corrected chi connectivity index (χ3v) is 5.04. The van der Waals surface area contributed by atoms with E-state index in [-0.39, 0.29) is 12.5 Å².